The summed E-state index contributed by atoms with van der Waals surface area (Å²) in [4.78, 5) is 27.7. The van der Waals surface area contributed by atoms with Crippen molar-refractivity contribution in [1.29, 1.82) is 0 Å². The van der Waals surface area contributed by atoms with Gasteiger partial charge in [-0.05, 0) is 62.6 Å². The number of aryl methyl sites for hydroxylation is 1. The third kappa shape index (κ3) is 4.14. The van der Waals surface area contributed by atoms with Gasteiger partial charge in [-0.25, -0.2) is 4.39 Å². The lowest BCUT2D eigenvalue weighted by Gasteiger charge is -2.07. The molecule has 2 heterocycles. The van der Waals surface area contributed by atoms with Gasteiger partial charge >= 0.3 is 0 Å². The Balaban J connectivity index is 1.83. The van der Waals surface area contributed by atoms with Crippen LogP contribution >= 0.6 is 0 Å². The summed E-state index contributed by atoms with van der Waals surface area (Å²) in [5, 5.41) is 14.8. The van der Waals surface area contributed by atoms with Gasteiger partial charge in [-0.3, -0.25) is 9.59 Å². The molecule has 2 aromatic rings. The number of aromatic nitrogens is 1. The number of hydrogen-bond donors (Lipinski definition) is 4. The SMILES string of the molecule is Cc1[nH]c(/C=C2\C(=O)Nc3ccc(F)cc32)c(C)c1CC(=O)NCCC(C)O. The smallest absolute Gasteiger partial charge is 0.256 e. The summed E-state index contributed by atoms with van der Waals surface area (Å²) in [6.45, 7) is 5.84. The van der Waals surface area contributed by atoms with E-state index in [1.165, 1.54) is 12.1 Å². The van der Waals surface area contributed by atoms with Crippen molar-refractivity contribution in [2.45, 2.75) is 39.7 Å². The highest BCUT2D eigenvalue weighted by Gasteiger charge is 2.25. The van der Waals surface area contributed by atoms with Gasteiger partial charge in [0.1, 0.15) is 5.82 Å². The van der Waals surface area contributed by atoms with E-state index in [0.717, 1.165) is 16.8 Å². The predicted octanol–water partition coefficient (Wildman–Crippen LogP) is 2.69. The number of benzene rings is 1. The second kappa shape index (κ2) is 7.98. The van der Waals surface area contributed by atoms with Gasteiger partial charge in [0.2, 0.25) is 5.91 Å². The molecule has 0 spiro atoms. The fraction of sp³-hybridized carbons (Fsp3) is 0.333. The quantitative estimate of drug-likeness (QED) is 0.576. The van der Waals surface area contributed by atoms with Crippen LogP contribution in [0.4, 0.5) is 10.1 Å². The highest BCUT2D eigenvalue weighted by molar-refractivity contribution is 6.34. The number of aliphatic hydroxyl groups excluding tert-OH is 1. The van der Waals surface area contributed by atoms with Gasteiger partial charge in [0, 0.05) is 29.2 Å². The fourth-order valence-corrected chi connectivity index (χ4v) is 3.32. The average Bonchev–Trinajstić information content (AvgIpc) is 3.06. The standard InChI is InChI=1S/C21H24FN3O3/c1-11(26)6-7-23-20(27)10-15-12(2)19(24-13(15)3)9-17-16-8-14(22)4-5-18(16)25-21(17)28/h4-5,8-9,11,24,26H,6-7,10H2,1-3H3,(H,23,27)(H,25,28)/b17-9-. The van der Waals surface area contributed by atoms with E-state index in [1.54, 1.807) is 19.1 Å². The number of H-pyrrole nitrogens is 1. The van der Waals surface area contributed by atoms with Gasteiger partial charge in [-0.2, -0.15) is 0 Å². The molecule has 0 fully saturated rings. The number of anilines is 1. The van der Waals surface area contributed by atoms with E-state index in [1.807, 2.05) is 13.8 Å². The molecule has 6 nitrogen and oxygen atoms in total. The van der Waals surface area contributed by atoms with E-state index in [-0.39, 0.29) is 18.2 Å². The fourth-order valence-electron chi connectivity index (χ4n) is 3.32. The minimum Gasteiger partial charge on any atom is -0.393 e. The third-order valence-corrected chi connectivity index (χ3v) is 4.91. The van der Waals surface area contributed by atoms with Crippen molar-refractivity contribution >= 4 is 29.2 Å². The number of halogens is 1. The van der Waals surface area contributed by atoms with Crippen LogP contribution in [0, 0.1) is 19.7 Å². The Hall–Kier alpha value is -2.93. The summed E-state index contributed by atoms with van der Waals surface area (Å²) in [5.74, 6) is -0.823. The molecule has 28 heavy (non-hydrogen) atoms. The van der Waals surface area contributed by atoms with Crippen molar-refractivity contribution in [3.05, 3.63) is 52.1 Å². The molecule has 4 N–H and O–H groups in total. The molecule has 1 atom stereocenters. The molecular weight excluding hydrogens is 361 g/mol. The van der Waals surface area contributed by atoms with E-state index < -0.39 is 11.9 Å². The van der Waals surface area contributed by atoms with Gasteiger partial charge in [0.05, 0.1) is 18.1 Å². The van der Waals surface area contributed by atoms with E-state index in [4.69, 9.17) is 0 Å². The second-order valence-corrected chi connectivity index (χ2v) is 7.13. The summed E-state index contributed by atoms with van der Waals surface area (Å²) in [7, 11) is 0. The molecule has 0 saturated carbocycles. The molecule has 0 radical (unpaired) electrons. The Labute approximate surface area is 162 Å². The lowest BCUT2D eigenvalue weighted by Crippen LogP contribution is -2.28. The lowest BCUT2D eigenvalue weighted by atomic mass is 10.0. The molecule has 0 bridgehead atoms. The number of nitrogens with one attached hydrogen (secondary N) is 3. The zero-order chi connectivity index (χ0) is 20.4. The average molecular weight is 385 g/mol. The van der Waals surface area contributed by atoms with Crippen molar-refractivity contribution in [1.82, 2.24) is 10.3 Å². The first-order chi connectivity index (χ1) is 13.3. The molecule has 0 aliphatic carbocycles. The van der Waals surface area contributed by atoms with Gasteiger partial charge < -0.3 is 20.7 Å². The summed E-state index contributed by atoms with van der Waals surface area (Å²) in [6.07, 6.45) is 1.94. The number of carbonyl (C=O) groups is 2. The zero-order valence-electron chi connectivity index (χ0n) is 16.1. The van der Waals surface area contributed by atoms with Crippen molar-refractivity contribution in [2.75, 3.05) is 11.9 Å². The zero-order valence-corrected chi connectivity index (χ0v) is 16.1. The Kier molecular flexibility index (Phi) is 5.65. The lowest BCUT2D eigenvalue weighted by molar-refractivity contribution is -0.120. The molecule has 1 aromatic heterocycles. The Morgan fingerprint density at radius 2 is 2.11 bits per heavy atom. The first-order valence-corrected chi connectivity index (χ1v) is 9.22. The van der Waals surface area contributed by atoms with E-state index in [2.05, 4.69) is 15.6 Å². The molecular formula is C21H24FN3O3. The van der Waals surface area contributed by atoms with Crippen LogP contribution in [0.3, 0.4) is 0 Å². The second-order valence-electron chi connectivity index (χ2n) is 7.13. The molecule has 1 aliphatic rings. The summed E-state index contributed by atoms with van der Waals surface area (Å²) in [5.41, 5.74) is 4.77. The Morgan fingerprint density at radius 3 is 2.82 bits per heavy atom. The molecule has 1 unspecified atom stereocenters. The number of aromatic amines is 1. The predicted molar refractivity (Wildman–Crippen MR) is 106 cm³/mol. The van der Waals surface area contributed by atoms with Gasteiger partial charge in [-0.15, -0.1) is 0 Å². The minimum absolute atomic E-state index is 0.129. The van der Waals surface area contributed by atoms with Crippen LogP contribution in [0.5, 0.6) is 0 Å². The van der Waals surface area contributed by atoms with Gasteiger partial charge in [0.15, 0.2) is 0 Å². The van der Waals surface area contributed by atoms with Crippen LogP contribution in [0.25, 0.3) is 11.6 Å². The molecule has 148 valence electrons. The maximum absolute atomic E-state index is 13.6. The number of rotatable bonds is 6. The van der Waals surface area contributed by atoms with Gasteiger partial charge in [0.25, 0.3) is 5.91 Å². The first kappa shape index (κ1) is 19.8. The van der Waals surface area contributed by atoms with E-state index >= 15 is 0 Å². The molecule has 2 amide bonds. The van der Waals surface area contributed by atoms with Gasteiger partial charge in [-0.1, -0.05) is 0 Å². The Morgan fingerprint density at radius 1 is 1.36 bits per heavy atom. The van der Waals surface area contributed by atoms with Crippen LogP contribution < -0.4 is 10.6 Å². The molecule has 1 aromatic carbocycles. The Bertz CT molecular complexity index is 960. The van der Waals surface area contributed by atoms with Crippen LogP contribution in [-0.2, 0) is 16.0 Å². The largest absolute Gasteiger partial charge is 0.393 e. The molecule has 1 aliphatic heterocycles. The summed E-state index contributed by atoms with van der Waals surface area (Å²) >= 11 is 0. The number of amides is 2. The number of aliphatic hydroxyl groups is 1. The van der Waals surface area contributed by atoms with Crippen LogP contribution in [-0.4, -0.2) is 34.6 Å². The molecule has 3 rings (SSSR count). The number of hydrogen-bond acceptors (Lipinski definition) is 3. The highest BCUT2D eigenvalue weighted by atomic mass is 19.1. The van der Waals surface area contributed by atoms with E-state index in [0.29, 0.717) is 35.5 Å². The first-order valence-electron chi connectivity index (χ1n) is 9.22. The number of carbonyl (C=O) groups excluding carboxylic acids is 2. The van der Waals surface area contributed by atoms with Crippen LogP contribution in [0.15, 0.2) is 18.2 Å². The third-order valence-electron chi connectivity index (χ3n) is 4.91. The van der Waals surface area contributed by atoms with Crippen molar-refractivity contribution in [2.24, 2.45) is 0 Å². The summed E-state index contributed by atoms with van der Waals surface area (Å²) < 4.78 is 13.6. The minimum atomic E-state index is -0.459. The normalized spacial score (nSPS) is 15.5. The molecule has 0 saturated heterocycles. The van der Waals surface area contributed by atoms with Crippen molar-refractivity contribution in [3.63, 3.8) is 0 Å². The van der Waals surface area contributed by atoms with E-state index in [9.17, 15) is 19.1 Å². The van der Waals surface area contributed by atoms with Crippen LogP contribution in [0.2, 0.25) is 0 Å². The highest BCUT2D eigenvalue weighted by Crippen LogP contribution is 2.34. The molecule has 7 heteroatoms. The summed E-state index contributed by atoms with van der Waals surface area (Å²) in [6, 6.07) is 4.18. The van der Waals surface area contributed by atoms with Crippen LogP contribution in [0.1, 0.15) is 41.4 Å². The number of fused-ring (bicyclic) bond motifs is 1. The maximum Gasteiger partial charge on any atom is 0.256 e. The maximum atomic E-state index is 13.6. The van der Waals surface area contributed by atoms with Crippen molar-refractivity contribution in [3.8, 4) is 0 Å². The topological polar surface area (TPSA) is 94.2 Å². The van der Waals surface area contributed by atoms with Crippen molar-refractivity contribution < 1.29 is 19.1 Å². The monoisotopic (exact) mass is 385 g/mol.